The summed E-state index contributed by atoms with van der Waals surface area (Å²) in [6, 6.07) is 0. The molecule has 0 fully saturated rings. The normalized spacial score (nSPS) is 10.8. The van der Waals surface area contributed by atoms with Gasteiger partial charge in [-0.25, -0.2) is 4.98 Å². The molecule has 2 rings (SSSR count). The van der Waals surface area contributed by atoms with Crippen LogP contribution in [-0.4, -0.2) is 19.7 Å². The van der Waals surface area contributed by atoms with Crippen LogP contribution in [-0.2, 0) is 20.0 Å². The highest BCUT2D eigenvalue weighted by Crippen LogP contribution is 2.13. The summed E-state index contributed by atoms with van der Waals surface area (Å²) >= 11 is 0. The van der Waals surface area contributed by atoms with Gasteiger partial charge in [0.05, 0.1) is 24.6 Å². The van der Waals surface area contributed by atoms with Gasteiger partial charge in [0, 0.05) is 19.0 Å². The lowest BCUT2D eigenvalue weighted by molar-refractivity contribution is 0.757. The Morgan fingerprint density at radius 2 is 2.22 bits per heavy atom. The van der Waals surface area contributed by atoms with E-state index in [4.69, 9.17) is 0 Å². The summed E-state index contributed by atoms with van der Waals surface area (Å²) in [5, 5.41) is 7.58. The second kappa shape index (κ2) is 5.71. The molecule has 0 aliphatic heterocycles. The standard InChI is InChI=1S/C13H21N5/c1-4-5-6-12-14-8-11(17-12)9-15-13-10(2)7-16-18(13)3/h7-8,15H,4-6,9H2,1-3H3,(H,14,17). The van der Waals surface area contributed by atoms with Gasteiger partial charge in [-0.1, -0.05) is 13.3 Å². The third-order valence-electron chi connectivity index (χ3n) is 3.02. The number of H-pyrrole nitrogens is 1. The number of rotatable bonds is 6. The Hall–Kier alpha value is -1.78. The molecular formula is C13H21N5. The van der Waals surface area contributed by atoms with Crippen molar-refractivity contribution in [1.82, 2.24) is 19.7 Å². The summed E-state index contributed by atoms with van der Waals surface area (Å²) < 4.78 is 1.85. The van der Waals surface area contributed by atoms with Gasteiger partial charge in [0.15, 0.2) is 0 Å². The predicted octanol–water partition coefficient (Wildman–Crippen LogP) is 2.41. The molecule has 18 heavy (non-hydrogen) atoms. The first-order valence-electron chi connectivity index (χ1n) is 6.46. The first-order chi connectivity index (χ1) is 8.70. The molecule has 0 aliphatic carbocycles. The molecule has 2 aromatic heterocycles. The van der Waals surface area contributed by atoms with Crippen molar-refractivity contribution in [3.8, 4) is 0 Å². The molecule has 2 N–H and O–H groups in total. The van der Waals surface area contributed by atoms with E-state index in [1.807, 2.05) is 24.1 Å². The summed E-state index contributed by atoms with van der Waals surface area (Å²) in [5.41, 5.74) is 2.27. The van der Waals surface area contributed by atoms with Crippen LogP contribution in [0.2, 0.25) is 0 Å². The molecule has 2 heterocycles. The van der Waals surface area contributed by atoms with E-state index in [1.54, 1.807) is 0 Å². The fraction of sp³-hybridized carbons (Fsp3) is 0.538. The Morgan fingerprint density at radius 3 is 2.89 bits per heavy atom. The summed E-state index contributed by atoms with van der Waals surface area (Å²) in [7, 11) is 1.94. The van der Waals surface area contributed by atoms with Gasteiger partial charge in [-0.2, -0.15) is 5.10 Å². The first-order valence-corrected chi connectivity index (χ1v) is 6.46. The van der Waals surface area contributed by atoms with Gasteiger partial charge >= 0.3 is 0 Å². The van der Waals surface area contributed by atoms with E-state index >= 15 is 0 Å². The fourth-order valence-electron chi connectivity index (χ4n) is 1.95. The van der Waals surface area contributed by atoms with E-state index in [9.17, 15) is 0 Å². The summed E-state index contributed by atoms with van der Waals surface area (Å²) in [6.45, 7) is 4.99. The van der Waals surface area contributed by atoms with E-state index in [0.29, 0.717) is 0 Å². The van der Waals surface area contributed by atoms with Crippen molar-refractivity contribution in [3.63, 3.8) is 0 Å². The summed E-state index contributed by atoms with van der Waals surface area (Å²) in [5.74, 6) is 2.13. The molecule has 98 valence electrons. The largest absolute Gasteiger partial charge is 0.364 e. The van der Waals surface area contributed by atoms with Crippen LogP contribution in [0.4, 0.5) is 5.82 Å². The van der Waals surface area contributed by atoms with Crippen LogP contribution in [0.5, 0.6) is 0 Å². The minimum Gasteiger partial charge on any atom is -0.364 e. The van der Waals surface area contributed by atoms with Gasteiger partial charge in [0.2, 0.25) is 0 Å². The summed E-state index contributed by atoms with van der Waals surface area (Å²) in [6.07, 6.45) is 7.18. The highest BCUT2D eigenvalue weighted by atomic mass is 15.3. The minimum absolute atomic E-state index is 0.750. The minimum atomic E-state index is 0.750. The van der Waals surface area contributed by atoms with E-state index in [-0.39, 0.29) is 0 Å². The van der Waals surface area contributed by atoms with Crippen molar-refractivity contribution in [3.05, 3.63) is 29.5 Å². The number of nitrogens with one attached hydrogen (secondary N) is 2. The van der Waals surface area contributed by atoms with Gasteiger partial charge in [-0.3, -0.25) is 4.68 Å². The second-order valence-electron chi connectivity index (χ2n) is 4.61. The number of anilines is 1. The fourth-order valence-corrected chi connectivity index (χ4v) is 1.95. The average Bonchev–Trinajstić information content (AvgIpc) is 2.93. The van der Waals surface area contributed by atoms with E-state index in [1.165, 1.54) is 12.8 Å². The van der Waals surface area contributed by atoms with Crippen molar-refractivity contribution >= 4 is 5.82 Å². The molecular weight excluding hydrogens is 226 g/mol. The Morgan fingerprint density at radius 1 is 1.39 bits per heavy atom. The summed E-state index contributed by atoms with van der Waals surface area (Å²) in [4.78, 5) is 7.73. The second-order valence-corrected chi connectivity index (χ2v) is 4.61. The lowest BCUT2D eigenvalue weighted by atomic mass is 10.2. The van der Waals surface area contributed by atoms with Crippen LogP contribution in [0.15, 0.2) is 12.4 Å². The maximum absolute atomic E-state index is 4.38. The number of nitrogens with zero attached hydrogens (tertiary/aromatic N) is 3. The molecule has 0 saturated carbocycles. The Kier molecular flexibility index (Phi) is 4.02. The maximum Gasteiger partial charge on any atom is 0.127 e. The van der Waals surface area contributed by atoms with E-state index < -0.39 is 0 Å². The lowest BCUT2D eigenvalue weighted by Gasteiger charge is -2.06. The van der Waals surface area contributed by atoms with Crippen molar-refractivity contribution in [1.29, 1.82) is 0 Å². The van der Waals surface area contributed by atoms with Crippen LogP contribution in [0.3, 0.4) is 0 Å². The van der Waals surface area contributed by atoms with E-state index in [2.05, 4.69) is 34.2 Å². The zero-order valence-electron chi connectivity index (χ0n) is 11.3. The first kappa shape index (κ1) is 12.7. The van der Waals surface area contributed by atoms with Gasteiger partial charge in [0.25, 0.3) is 0 Å². The molecule has 0 aliphatic rings. The Bertz CT molecular complexity index is 478. The van der Waals surface area contributed by atoms with Crippen LogP contribution >= 0.6 is 0 Å². The Balaban J connectivity index is 1.92. The van der Waals surface area contributed by atoms with Crippen LogP contribution in [0, 0.1) is 6.92 Å². The van der Waals surface area contributed by atoms with Crippen LogP contribution in [0.25, 0.3) is 0 Å². The number of unbranched alkanes of at least 4 members (excludes halogenated alkanes) is 1. The highest BCUT2D eigenvalue weighted by Gasteiger charge is 2.05. The number of aromatic nitrogens is 4. The van der Waals surface area contributed by atoms with Crippen molar-refractivity contribution in [2.45, 2.75) is 39.7 Å². The lowest BCUT2D eigenvalue weighted by Crippen LogP contribution is -2.06. The predicted molar refractivity (Wildman–Crippen MR) is 72.5 cm³/mol. The number of aryl methyl sites for hydroxylation is 3. The number of aromatic amines is 1. The quantitative estimate of drug-likeness (QED) is 0.824. The van der Waals surface area contributed by atoms with Gasteiger partial charge in [-0.05, 0) is 13.3 Å². The van der Waals surface area contributed by atoms with Gasteiger partial charge in [0.1, 0.15) is 11.6 Å². The molecule has 0 bridgehead atoms. The third kappa shape index (κ3) is 2.91. The smallest absolute Gasteiger partial charge is 0.127 e. The van der Waals surface area contributed by atoms with Crippen molar-refractivity contribution in [2.75, 3.05) is 5.32 Å². The van der Waals surface area contributed by atoms with Crippen LogP contribution < -0.4 is 5.32 Å². The monoisotopic (exact) mass is 247 g/mol. The van der Waals surface area contributed by atoms with E-state index in [0.717, 1.165) is 35.9 Å². The average molecular weight is 247 g/mol. The molecule has 5 nitrogen and oxygen atoms in total. The molecule has 0 spiro atoms. The molecule has 0 radical (unpaired) electrons. The van der Waals surface area contributed by atoms with Crippen LogP contribution in [0.1, 0.15) is 36.8 Å². The van der Waals surface area contributed by atoms with Gasteiger partial charge in [-0.15, -0.1) is 0 Å². The molecule has 0 aromatic carbocycles. The Labute approximate surface area is 108 Å². The number of hydrogen-bond acceptors (Lipinski definition) is 3. The highest BCUT2D eigenvalue weighted by molar-refractivity contribution is 5.42. The zero-order chi connectivity index (χ0) is 13.0. The molecule has 0 saturated heterocycles. The van der Waals surface area contributed by atoms with Gasteiger partial charge < -0.3 is 10.3 Å². The zero-order valence-corrected chi connectivity index (χ0v) is 11.3. The molecule has 0 atom stereocenters. The van der Waals surface area contributed by atoms with Crippen molar-refractivity contribution < 1.29 is 0 Å². The number of imidazole rings is 1. The number of hydrogen-bond donors (Lipinski definition) is 2. The molecule has 0 amide bonds. The van der Waals surface area contributed by atoms with Crippen molar-refractivity contribution in [2.24, 2.45) is 7.05 Å². The molecule has 5 heteroatoms. The molecule has 2 aromatic rings. The SMILES string of the molecule is CCCCc1ncc(CNc2c(C)cnn2C)[nH]1. The maximum atomic E-state index is 4.38. The molecule has 0 unspecified atom stereocenters. The topological polar surface area (TPSA) is 58.5 Å². The third-order valence-corrected chi connectivity index (χ3v) is 3.02.